The zero-order valence-electron chi connectivity index (χ0n) is 17.3. The second-order valence-corrected chi connectivity index (χ2v) is 7.84. The third-order valence-corrected chi connectivity index (χ3v) is 4.17. The molecule has 2 nitrogen and oxygen atoms in total. The molecule has 2 heteroatoms. The molecule has 0 aliphatic carbocycles. The van der Waals surface area contributed by atoms with E-state index in [1.807, 2.05) is 6.07 Å². The molecule has 2 aromatic rings. The number of carbonyl (C=O) groups excluding carboxylic acids is 1. The van der Waals surface area contributed by atoms with Gasteiger partial charge in [0, 0.05) is 13.0 Å². The van der Waals surface area contributed by atoms with Crippen molar-refractivity contribution in [3.8, 4) is 0 Å². The average Bonchev–Trinajstić information content (AvgIpc) is 2.61. The molecule has 26 heavy (non-hydrogen) atoms. The Bertz CT molecular complexity index is 644. The SMILES string of the molecule is CC(C)CC(=O)NCc1cccc(C(C)C)c1.CC(C)c1ccccc1. The molecule has 1 amide bonds. The maximum absolute atomic E-state index is 11.5. The van der Waals surface area contributed by atoms with Crippen LogP contribution in [0.15, 0.2) is 54.6 Å². The molecule has 142 valence electrons. The van der Waals surface area contributed by atoms with Gasteiger partial charge in [-0.05, 0) is 34.4 Å². The molecule has 0 radical (unpaired) electrons. The summed E-state index contributed by atoms with van der Waals surface area (Å²) in [5.41, 5.74) is 3.91. The topological polar surface area (TPSA) is 29.1 Å². The molecule has 0 saturated heterocycles. The zero-order valence-corrected chi connectivity index (χ0v) is 17.3. The highest BCUT2D eigenvalue weighted by Gasteiger charge is 2.05. The molecule has 2 rings (SSSR count). The first-order valence-electron chi connectivity index (χ1n) is 9.70. The van der Waals surface area contributed by atoms with Crippen LogP contribution in [0, 0.1) is 5.92 Å². The summed E-state index contributed by atoms with van der Waals surface area (Å²) < 4.78 is 0. The number of carbonyl (C=O) groups is 1. The van der Waals surface area contributed by atoms with Gasteiger partial charge in [0.15, 0.2) is 0 Å². The highest BCUT2D eigenvalue weighted by Crippen LogP contribution is 2.15. The zero-order chi connectivity index (χ0) is 19.5. The van der Waals surface area contributed by atoms with Crippen molar-refractivity contribution < 1.29 is 4.79 Å². The Labute approximate surface area is 160 Å². The minimum atomic E-state index is 0.134. The molecule has 2 aromatic carbocycles. The van der Waals surface area contributed by atoms with E-state index in [1.165, 1.54) is 16.7 Å². The quantitative estimate of drug-likeness (QED) is 0.650. The maximum Gasteiger partial charge on any atom is 0.220 e. The fraction of sp³-hybridized carbons (Fsp3) is 0.458. The van der Waals surface area contributed by atoms with Crippen molar-refractivity contribution >= 4 is 5.91 Å². The summed E-state index contributed by atoms with van der Waals surface area (Å²) in [5, 5.41) is 2.96. The van der Waals surface area contributed by atoms with E-state index in [0.717, 1.165) is 0 Å². The van der Waals surface area contributed by atoms with Gasteiger partial charge in [-0.1, -0.05) is 96.1 Å². The van der Waals surface area contributed by atoms with Gasteiger partial charge in [0.1, 0.15) is 0 Å². The summed E-state index contributed by atoms with van der Waals surface area (Å²) in [6.07, 6.45) is 0.601. The predicted molar refractivity (Wildman–Crippen MR) is 112 cm³/mol. The number of benzene rings is 2. The highest BCUT2D eigenvalue weighted by molar-refractivity contribution is 5.76. The van der Waals surface area contributed by atoms with Gasteiger partial charge in [0.25, 0.3) is 0 Å². The minimum Gasteiger partial charge on any atom is -0.352 e. The van der Waals surface area contributed by atoms with Crippen molar-refractivity contribution in [1.29, 1.82) is 0 Å². The lowest BCUT2D eigenvalue weighted by Crippen LogP contribution is -2.23. The van der Waals surface area contributed by atoms with Gasteiger partial charge in [0.2, 0.25) is 5.91 Å². The van der Waals surface area contributed by atoms with Crippen molar-refractivity contribution in [2.75, 3.05) is 0 Å². The molecule has 0 aromatic heterocycles. The van der Waals surface area contributed by atoms with Crippen LogP contribution in [0.1, 0.15) is 76.5 Å². The van der Waals surface area contributed by atoms with Gasteiger partial charge in [-0.2, -0.15) is 0 Å². The summed E-state index contributed by atoms with van der Waals surface area (Å²) in [7, 11) is 0. The lowest BCUT2D eigenvalue weighted by Gasteiger charge is -2.10. The lowest BCUT2D eigenvalue weighted by atomic mass is 10.0. The molecule has 0 spiro atoms. The Morgan fingerprint density at radius 2 is 1.38 bits per heavy atom. The van der Waals surface area contributed by atoms with Crippen LogP contribution < -0.4 is 5.32 Å². The Morgan fingerprint density at radius 1 is 0.808 bits per heavy atom. The van der Waals surface area contributed by atoms with Gasteiger partial charge in [-0.25, -0.2) is 0 Å². The Kier molecular flexibility index (Phi) is 9.72. The molecule has 0 bridgehead atoms. The Hall–Kier alpha value is -2.09. The smallest absolute Gasteiger partial charge is 0.220 e. The van der Waals surface area contributed by atoms with E-state index >= 15 is 0 Å². The van der Waals surface area contributed by atoms with Crippen molar-refractivity contribution in [2.45, 2.75) is 66.3 Å². The number of hydrogen-bond acceptors (Lipinski definition) is 1. The molecule has 0 atom stereocenters. The third kappa shape index (κ3) is 8.84. The van der Waals surface area contributed by atoms with E-state index in [2.05, 4.69) is 95.4 Å². The Morgan fingerprint density at radius 3 is 1.88 bits per heavy atom. The van der Waals surface area contributed by atoms with Crippen LogP contribution in [-0.2, 0) is 11.3 Å². The Balaban J connectivity index is 0.000000314. The van der Waals surface area contributed by atoms with E-state index in [1.54, 1.807) is 0 Å². The molecule has 0 saturated carbocycles. The molecule has 0 aliphatic heterocycles. The van der Waals surface area contributed by atoms with Crippen LogP contribution in [0.25, 0.3) is 0 Å². The standard InChI is InChI=1S/C15H23NO.C9H12/c1-11(2)8-15(17)16-10-13-6-5-7-14(9-13)12(3)4;1-8(2)9-6-4-3-5-7-9/h5-7,9,11-12H,8,10H2,1-4H3,(H,16,17);3-8H,1-2H3. The van der Waals surface area contributed by atoms with Crippen LogP contribution in [0.2, 0.25) is 0 Å². The van der Waals surface area contributed by atoms with E-state index in [0.29, 0.717) is 30.7 Å². The van der Waals surface area contributed by atoms with E-state index in [9.17, 15) is 4.79 Å². The van der Waals surface area contributed by atoms with Crippen molar-refractivity contribution in [1.82, 2.24) is 5.32 Å². The second-order valence-electron chi connectivity index (χ2n) is 7.84. The fourth-order valence-electron chi connectivity index (χ4n) is 2.54. The molecule has 1 N–H and O–H groups in total. The van der Waals surface area contributed by atoms with Crippen LogP contribution in [0.4, 0.5) is 0 Å². The first kappa shape index (κ1) is 22.0. The lowest BCUT2D eigenvalue weighted by molar-refractivity contribution is -0.121. The summed E-state index contributed by atoms with van der Waals surface area (Å²) in [6, 6.07) is 18.9. The molecular weight excluding hydrogens is 318 g/mol. The summed E-state index contributed by atoms with van der Waals surface area (Å²) in [5.74, 6) is 1.74. The predicted octanol–water partition coefficient (Wildman–Crippen LogP) is 6.28. The normalized spacial score (nSPS) is 10.7. The van der Waals surface area contributed by atoms with Crippen LogP contribution >= 0.6 is 0 Å². The van der Waals surface area contributed by atoms with Crippen LogP contribution in [-0.4, -0.2) is 5.91 Å². The summed E-state index contributed by atoms with van der Waals surface area (Å²) >= 11 is 0. The summed E-state index contributed by atoms with van der Waals surface area (Å²) in [6.45, 7) is 13.5. The molecule has 0 fully saturated rings. The van der Waals surface area contributed by atoms with Gasteiger partial charge in [-0.15, -0.1) is 0 Å². The molecular formula is C24H35NO. The first-order chi connectivity index (χ1) is 12.3. The average molecular weight is 354 g/mol. The van der Waals surface area contributed by atoms with Gasteiger partial charge in [0.05, 0.1) is 0 Å². The molecule has 0 heterocycles. The molecule has 0 aliphatic rings. The van der Waals surface area contributed by atoms with Crippen LogP contribution in [0.3, 0.4) is 0 Å². The van der Waals surface area contributed by atoms with E-state index in [-0.39, 0.29) is 5.91 Å². The van der Waals surface area contributed by atoms with Crippen molar-refractivity contribution in [3.63, 3.8) is 0 Å². The first-order valence-corrected chi connectivity index (χ1v) is 9.70. The largest absolute Gasteiger partial charge is 0.352 e. The number of rotatable bonds is 6. The van der Waals surface area contributed by atoms with Crippen molar-refractivity contribution in [2.24, 2.45) is 5.92 Å². The maximum atomic E-state index is 11.5. The van der Waals surface area contributed by atoms with E-state index in [4.69, 9.17) is 0 Å². The molecule has 0 unspecified atom stereocenters. The fourth-order valence-corrected chi connectivity index (χ4v) is 2.54. The second kappa shape index (κ2) is 11.5. The minimum absolute atomic E-state index is 0.134. The van der Waals surface area contributed by atoms with Gasteiger partial charge < -0.3 is 5.32 Å². The highest BCUT2D eigenvalue weighted by atomic mass is 16.1. The van der Waals surface area contributed by atoms with Crippen LogP contribution in [0.5, 0.6) is 0 Å². The number of amides is 1. The van der Waals surface area contributed by atoms with Crippen molar-refractivity contribution in [3.05, 3.63) is 71.3 Å². The number of nitrogens with one attached hydrogen (secondary N) is 1. The summed E-state index contributed by atoms with van der Waals surface area (Å²) in [4.78, 5) is 11.5. The third-order valence-electron chi connectivity index (χ3n) is 4.17. The monoisotopic (exact) mass is 353 g/mol. The van der Waals surface area contributed by atoms with Gasteiger partial charge in [-0.3, -0.25) is 4.79 Å². The number of hydrogen-bond donors (Lipinski definition) is 1. The van der Waals surface area contributed by atoms with Gasteiger partial charge >= 0.3 is 0 Å². The van der Waals surface area contributed by atoms with E-state index < -0.39 is 0 Å².